The molecule has 2 aromatic rings. The second kappa shape index (κ2) is 14.6. The van der Waals surface area contributed by atoms with Gasteiger partial charge in [0, 0.05) is 64.9 Å². The predicted octanol–water partition coefficient (Wildman–Crippen LogP) is 3.87. The number of non-ortho nitro benzene ring substituents is 1. The lowest BCUT2D eigenvalue weighted by Gasteiger charge is -2.37. The number of para-hydroxylation sites is 2. The van der Waals surface area contributed by atoms with Crippen LogP contribution in [0.4, 0.5) is 17.1 Å². The van der Waals surface area contributed by atoms with E-state index in [4.69, 9.17) is 14.7 Å². The van der Waals surface area contributed by atoms with Gasteiger partial charge in [-0.1, -0.05) is 37.2 Å². The Morgan fingerprint density at radius 1 is 1.10 bits per heavy atom. The molecule has 0 bridgehead atoms. The molecule has 11 nitrogen and oxygen atoms in total. The number of benzene rings is 2. The number of aliphatic hydroxyl groups is 1. The van der Waals surface area contributed by atoms with Gasteiger partial charge in [0.1, 0.15) is 17.6 Å². The molecule has 0 saturated carbocycles. The zero-order chi connectivity index (χ0) is 29.2. The van der Waals surface area contributed by atoms with Gasteiger partial charge in [-0.05, 0) is 38.0 Å². The zero-order valence-corrected chi connectivity index (χ0v) is 24.1. The average Bonchev–Trinajstić information content (AvgIpc) is 3.62. The van der Waals surface area contributed by atoms with E-state index in [2.05, 4.69) is 21.0 Å². The lowest BCUT2D eigenvalue weighted by molar-refractivity contribution is -0.384. The first-order valence-corrected chi connectivity index (χ1v) is 13.9. The first kappa shape index (κ1) is 30.8. The summed E-state index contributed by atoms with van der Waals surface area (Å²) in [5.74, 6) is 0.675. The van der Waals surface area contributed by atoms with Crippen LogP contribution in [0.15, 0.2) is 47.6 Å². The largest absolute Gasteiger partial charge is 0.489 e. The maximum Gasteiger partial charge on any atom is 0.276 e. The van der Waals surface area contributed by atoms with Gasteiger partial charge in [-0.15, -0.1) is 0 Å². The Hall–Kier alpha value is -3.70. The highest BCUT2D eigenvalue weighted by atomic mass is 16.6. The third-order valence-corrected chi connectivity index (χ3v) is 6.80. The number of hydrogen-bond acceptors (Lipinski definition) is 9. The van der Waals surface area contributed by atoms with E-state index in [0.717, 1.165) is 50.3 Å². The highest BCUT2D eigenvalue weighted by Gasteiger charge is 2.35. The number of carbonyl (C=O) groups is 1. The van der Waals surface area contributed by atoms with Crippen molar-refractivity contribution in [1.82, 2.24) is 4.90 Å². The minimum absolute atomic E-state index is 0.0199. The van der Waals surface area contributed by atoms with Crippen LogP contribution in [0.25, 0.3) is 0 Å². The lowest BCUT2D eigenvalue weighted by atomic mass is 10.1. The molecule has 1 fully saturated rings. The van der Waals surface area contributed by atoms with Gasteiger partial charge in [-0.25, -0.2) is 0 Å². The van der Waals surface area contributed by atoms with Crippen molar-refractivity contribution in [1.29, 1.82) is 0 Å². The summed E-state index contributed by atoms with van der Waals surface area (Å²) >= 11 is 0. The van der Waals surface area contributed by atoms with E-state index in [1.807, 2.05) is 45.9 Å². The van der Waals surface area contributed by atoms with Crippen LogP contribution in [0.5, 0.6) is 5.75 Å². The number of anilines is 2. The van der Waals surface area contributed by atoms with Gasteiger partial charge in [0.25, 0.3) is 11.6 Å². The number of fused-ring (bicyclic) bond motifs is 1. The zero-order valence-electron chi connectivity index (χ0n) is 24.1. The summed E-state index contributed by atoms with van der Waals surface area (Å²) < 4.78 is 5.99. The lowest BCUT2D eigenvalue weighted by Crippen LogP contribution is -2.48. The highest BCUT2D eigenvalue weighted by molar-refractivity contribution is 6.44. The van der Waals surface area contributed by atoms with Crippen LogP contribution in [-0.4, -0.2) is 85.1 Å². The standard InChI is InChI=1S/C26H31N5O5.C2H6.CH4O/c1-18(2)35-25-6-4-3-5-23(25)29-13-11-28(12-14-29)17-21-16-22(27-36-21)26(32)30-10-9-19-7-8-20(31(33)34)15-24(19)30;2*1-2/h3-8,15,18,21H,9-14,16-17H2,1-2H3;1-2H3;2H,1H3. The number of nitrogens with zero attached hydrogens (tertiary/aromatic N) is 5. The first-order chi connectivity index (χ1) is 19.4. The molecule has 1 unspecified atom stereocenters. The molecule has 0 radical (unpaired) electrons. The van der Waals surface area contributed by atoms with Crippen LogP contribution >= 0.6 is 0 Å². The SMILES string of the molecule is CC.CC(C)Oc1ccccc1N1CCN(CC2CC(C(=O)N3CCc4ccc([N+](=O)[O-])cc43)=NO2)CC1.CO. The van der Waals surface area contributed by atoms with Crippen molar-refractivity contribution in [3.63, 3.8) is 0 Å². The third kappa shape index (κ3) is 7.28. The average molecular weight is 556 g/mol. The van der Waals surface area contributed by atoms with Crippen molar-refractivity contribution in [3.8, 4) is 5.75 Å². The van der Waals surface area contributed by atoms with Crippen molar-refractivity contribution in [2.75, 3.05) is 56.2 Å². The smallest absolute Gasteiger partial charge is 0.276 e. The minimum atomic E-state index is -0.441. The molecule has 0 aliphatic carbocycles. The first-order valence-electron chi connectivity index (χ1n) is 13.9. The van der Waals surface area contributed by atoms with E-state index in [1.165, 1.54) is 12.1 Å². The molecule has 40 heavy (non-hydrogen) atoms. The number of hydrogen-bond donors (Lipinski definition) is 1. The van der Waals surface area contributed by atoms with Crippen LogP contribution in [0.3, 0.4) is 0 Å². The number of amides is 1. The molecule has 1 saturated heterocycles. The van der Waals surface area contributed by atoms with Crippen molar-refractivity contribution in [2.45, 2.75) is 52.7 Å². The normalized spacial score (nSPS) is 18.1. The van der Waals surface area contributed by atoms with Crippen LogP contribution in [0.2, 0.25) is 0 Å². The van der Waals surface area contributed by atoms with Crippen LogP contribution in [-0.2, 0) is 16.1 Å². The van der Waals surface area contributed by atoms with Crippen molar-refractivity contribution in [2.24, 2.45) is 5.16 Å². The Morgan fingerprint density at radius 3 is 2.48 bits per heavy atom. The number of aliphatic hydroxyl groups excluding tert-OH is 1. The van der Waals surface area contributed by atoms with E-state index < -0.39 is 4.92 Å². The van der Waals surface area contributed by atoms with Crippen molar-refractivity contribution < 1.29 is 24.4 Å². The summed E-state index contributed by atoms with van der Waals surface area (Å²) in [5.41, 5.74) is 3.00. The predicted molar refractivity (Wildman–Crippen MR) is 156 cm³/mol. The van der Waals surface area contributed by atoms with E-state index in [9.17, 15) is 14.9 Å². The number of piperazine rings is 1. The van der Waals surface area contributed by atoms with E-state index in [1.54, 1.807) is 11.0 Å². The van der Waals surface area contributed by atoms with Crippen LogP contribution in [0.1, 0.15) is 39.7 Å². The highest BCUT2D eigenvalue weighted by Crippen LogP contribution is 2.33. The van der Waals surface area contributed by atoms with Crippen molar-refractivity contribution in [3.05, 3.63) is 58.1 Å². The maximum atomic E-state index is 13.2. The number of oxime groups is 1. The number of carbonyl (C=O) groups excluding carboxylic acids is 1. The van der Waals surface area contributed by atoms with Gasteiger partial charge in [0.05, 0.1) is 22.4 Å². The molecular formula is C29H41N5O6. The van der Waals surface area contributed by atoms with Crippen LogP contribution < -0.4 is 14.5 Å². The number of rotatable bonds is 7. The summed E-state index contributed by atoms with van der Waals surface area (Å²) in [7, 11) is 1.00. The fourth-order valence-corrected chi connectivity index (χ4v) is 5.03. The summed E-state index contributed by atoms with van der Waals surface area (Å²) in [6, 6.07) is 12.8. The molecule has 5 rings (SSSR count). The Bertz CT molecular complexity index is 1180. The van der Waals surface area contributed by atoms with Gasteiger partial charge >= 0.3 is 0 Å². The quantitative estimate of drug-likeness (QED) is 0.404. The Labute approximate surface area is 236 Å². The van der Waals surface area contributed by atoms with Crippen molar-refractivity contribution >= 4 is 28.7 Å². The topological polar surface area (TPSA) is 121 Å². The fraction of sp³-hybridized carbons (Fsp3) is 0.517. The molecule has 0 spiro atoms. The summed E-state index contributed by atoms with van der Waals surface area (Å²) in [6.45, 7) is 12.8. The maximum absolute atomic E-state index is 13.2. The molecule has 2 aromatic carbocycles. The molecule has 3 aliphatic heterocycles. The second-order valence-corrected chi connectivity index (χ2v) is 9.67. The van der Waals surface area contributed by atoms with E-state index >= 15 is 0 Å². The Morgan fingerprint density at radius 2 is 1.80 bits per heavy atom. The molecule has 1 atom stereocenters. The molecule has 1 amide bonds. The van der Waals surface area contributed by atoms with E-state index in [-0.39, 0.29) is 23.8 Å². The summed E-state index contributed by atoms with van der Waals surface area (Å²) in [6.07, 6.45) is 1.05. The van der Waals surface area contributed by atoms with Gasteiger partial charge in [-0.2, -0.15) is 0 Å². The molecule has 0 aromatic heterocycles. The van der Waals surface area contributed by atoms with Crippen LogP contribution in [0, 0.1) is 10.1 Å². The monoisotopic (exact) mass is 555 g/mol. The fourth-order valence-electron chi connectivity index (χ4n) is 5.03. The molecule has 11 heteroatoms. The number of nitro groups is 1. The Kier molecular flexibility index (Phi) is 11.3. The summed E-state index contributed by atoms with van der Waals surface area (Å²) in [4.78, 5) is 35.8. The Balaban J connectivity index is 0.00000106. The molecule has 1 N–H and O–H groups in total. The second-order valence-electron chi connectivity index (χ2n) is 9.67. The van der Waals surface area contributed by atoms with Gasteiger partial charge in [0.15, 0.2) is 0 Å². The van der Waals surface area contributed by atoms with E-state index in [0.29, 0.717) is 37.3 Å². The van der Waals surface area contributed by atoms with Gasteiger partial charge < -0.3 is 24.5 Å². The van der Waals surface area contributed by atoms with Gasteiger partial charge in [-0.3, -0.25) is 19.8 Å². The summed E-state index contributed by atoms with van der Waals surface area (Å²) in [5, 5.41) is 22.3. The molecular weight excluding hydrogens is 514 g/mol. The molecule has 3 heterocycles. The number of ether oxygens (including phenoxy) is 1. The molecule has 3 aliphatic rings. The van der Waals surface area contributed by atoms with Gasteiger partial charge in [0.2, 0.25) is 0 Å². The minimum Gasteiger partial charge on any atom is -0.489 e. The third-order valence-electron chi connectivity index (χ3n) is 6.80. The number of nitro benzene ring substituents is 1. The molecule has 218 valence electrons.